The summed E-state index contributed by atoms with van der Waals surface area (Å²) in [7, 11) is 0. The maximum Gasteiger partial charge on any atom is 0.221 e. The molecule has 0 radical (unpaired) electrons. The number of nitrogens with zero attached hydrogens (tertiary/aromatic N) is 1. The normalized spacial score (nSPS) is 19.8. The number of nitrogen functional groups attached to an aromatic ring is 1. The topological polar surface area (TPSA) is 81.6 Å². The van der Waals surface area contributed by atoms with Crippen molar-refractivity contribution < 1.29 is 9.53 Å². The van der Waals surface area contributed by atoms with E-state index in [4.69, 9.17) is 16.2 Å². The Kier molecular flexibility index (Phi) is 4.84. The number of hydrogen-bond donors (Lipinski definition) is 2. The molecule has 0 spiro atoms. The summed E-state index contributed by atoms with van der Waals surface area (Å²) in [4.78, 5) is 13.6. The molecule has 1 saturated heterocycles. The monoisotopic (exact) mass is 277 g/mol. The Balaban J connectivity index is 2.08. The molecule has 1 aliphatic rings. The third-order valence-electron chi connectivity index (χ3n) is 3.69. The number of nitrogens with two attached hydrogens (primary N) is 2. The Morgan fingerprint density at radius 1 is 1.50 bits per heavy atom. The molecule has 0 bridgehead atoms. The Labute approximate surface area is 119 Å². The van der Waals surface area contributed by atoms with Crippen molar-refractivity contribution in [2.24, 2.45) is 11.7 Å². The molecule has 1 unspecified atom stereocenters. The summed E-state index contributed by atoms with van der Waals surface area (Å²) in [5.74, 6) is 0.621. The molecule has 1 aromatic carbocycles. The van der Waals surface area contributed by atoms with Crippen LogP contribution < -0.4 is 16.2 Å². The van der Waals surface area contributed by atoms with Crippen molar-refractivity contribution >= 4 is 11.6 Å². The maximum atomic E-state index is 11.3. The van der Waals surface area contributed by atoms with Crippen molar-refractivity contribution in [1.82, 2.24) is 4.90 Å². The Morgan fingerprint density at radius 3 is 3.00 bits per heavy atom. The van der Waals surface area contributed by atoms with E-state index in [-0.39, 0.29) is 11.8 Å². The van der Waals surface area contributed by atoms with E-state index in [1.165, 1.54) is 0 Å². The first-order valence-corrected chi connectivity index (χ1v) is 7.13. The molecule has 1 fully saturated rings. The zero-order valence-corrected chi connectivity index (χ0v) is 12.0. The van der Waals surface area contributed by atoms with E-state index in [9.17, 15) is 4.79 Å². The molecule has 1 heterocycles. The Hall–Kier alpha value is -1.75. The highest BCUT2D eigenvalue weighted by molar-refractivity contribution is 5.76. The molecule has 20 heavy (non-hydrogen) atoms. The second-order valence-corrected chi connectivity index (χ2v) is 5.28. The molecule has 1 atom stereocenters. The number of benzene rings is 1. The number of likely N-dealkylation sites (tertiary alicyclic amines) is 1. The van der Waals surface area contributed by atoms with Crippen LogP contribution in [0.2, 0.25) is 0 Å². The van der Waals surface area contributed by atoms with Crippen molar-refractivity contribution in [3.8, 4) is 5.75 Å². The van der Waals surface area contributed by atoms with Gasteiger partial charge in [0, 0.05) is 24.3 Å². The molecule has 0 aromatic heterocycles. The van der Waals surface area contributed by atoms with Crippen LogP contribution in [0.25, 0.3) is 0 Å². The van der Waals surface area contributed by atoms with Crippen molar-refractivity contribution in [2.75, 3.05) is 25.4 Å². The van der Waals surface area contributed by atoms with Gasteiger partial charge in [-0.05, 0) is 44.5 Å². The summed E-state index contributed by atoms with van der Waals surface area (Å²) in [6.07, 6.45) is 1.89. The van der Waals surface area contributed by atoms with E-state index in [0.29, 0.717) is 6.61 Å². The average Bonchev–Trinajstić information content (AvgIpc) is 2.42. The molecule has 5 nitrogen and oxygen atoms in total. The number of piperidine rings is 1. The van der Waals surface area contributed by atoms with Crippen LogP contribution in [0.3, 0.4) is 0 Å². The van der Waals surface area contributed by atoms with E-state index >= 15 is 0 Å². The lowest BCUT2D eigenvalue weighted by molar-refractivity contribution is -0.123. The standard InChI is InChI=1S/C15H23N3O2/c1-2-20-14-6-5-13(16)8-12(14)10-18-7-3-4-11(9-18)15(17)19/h5-6,8,11H,2-4,7,9-10,16H2,1H3,(H2,17,19). The molecular weight excluding hydrogens is 254 g/mol. The van der Waals surface area contributed by atoms with Gasteiger partial charge in [-0.15, -0.1) is 0 Å². The van der Waals surface area contributed by atoms with Crippen molar-refractivity contribution in [3.05, 3.63) is 23.8 Å². The number of rotatable bonds is 5. The van der Waals surface area contributed by atoms with Gasteiger partial charge in [0.05, 0.1) is 12.5 Å². The summed E-state index contributed by atoms with van der Waals surface area (Å²) >= 11 is 0. The molecule has 0 saturated carbocycles. The van der Waals surface area contributed by atoms with Gasteiger partial charge < -0.3 is 16.2 Å². The van der Waals surface area contributed by atoms with Gasteiger partial charge in [0.25, 0.3) is 0 Å². The van der Waals surface area contributed by atoms with E-state index < -0.39 is 0 Å². The summed E-state index contributed by atoms with van der Waals surface area (Å²) in [5.41, 5.74) is 13.1. The number of amides is 1. The van der Waals surface area contributed by atoms with Gasteiger partial charge in [0.15, 0.2) is 0 Å². The number of carbonyl (C=O) groups excluding carboxylic acids is 1. The SMILES string of the molecule is CCOc1ccc(N)cc1CN1CCCC(C(N)=O)C1. The highest BCUT2D eigenvalue weighted by Crippen LogP contribution is 2.25. The zero-order valence-electron chi connectivity index (χ0n) is 12.0. The van der Waals surface area contributed by atoms with E-state index in [2.05, 4.69) is 4.90 Å². The van der Waals surface area contributed by atoms with Gasteiger partial charge in [0.1, 0.15) is 5.75 Å². The number of anilines is 1. The fraction of sp³-hybridized carbons (Fsp3) is 0.533. The minimum Gasteiger partial charge on any atom is -0.494 e. The minimum atomic E-state index is -0.202. The fourth-order valence-corrected chi connectivity index (χ4v) is 2.69. The van der Waals surface area contributed by atoms with Crippen LogP contribution in [0.4, 0.5) is 5.69 Å². The van der Waals surface area contributed by atoms with Crippen LogP contribution in [0.5, 0.6) is 5.75 Å². The smallest absolute Gasteiger partial charge is 0.221 e. The Bertz CT molecular complexity index is 476. The van der Waals surface area contributed by atoms with Gasteiger partial charge in [-0.25, -0.2) is 0 Å². The molecule has 1 aliphatic heterocycles. The number of primary amides is 1. The van der Waals surface area contributed by atoms with Crippen LogP contribution in [0.1, 0.15) is 25.3 Å². The largest absolute Gasteiger partial charge is 0.494 e. The predicted octanol–water partition coefficient (Wildman–Crippen LogP) is 1.36. The lowest BCUT2D eigenvalue weighted by Crippen LogP contribution is -2.40. The van der Waals surface area contributed by atoms with Gasteiger partial charge in [0.2, 0.25) is 5.91 Å². The third kappa shape index (κ3) is 3.63. The van der Waals surface area contributed by atoms with Gasteiger partial charge >= 0.3 is 0 Å². The van der Waals surface area contributed by atoms with Gasteiger partial charge in [-0.3, -0.25) is 9.69 Å². The average molecular weight is 277 g/mol. The first-order valence-electron chi connectivity index (χ1n) is 7.13. The molecule has 4 N–H and O–H groups in total. The predicted molar refractivity (Wildman–Crippen MR) is 79.2 cm³/mol. The zero-order chi connectivity index (χ0) is 14.5. The van der Waals surface area contributed by atoms with Crippen LogP contribution in [0.15, 0.2) is 18.2 Å². The third-order valence-corrected chi connectivity index (χ3v) is 3.69. The molecule has 110 valence electrons. The van der Waals surface area contributed by atoms with Crippen LogP contribution in [0, 0.1) is 5.92 Å². The molecule has 1 amide bonds. The van der Waals surface area contributed by atoms with E-state index in [0.717, 1.165) is 49.5 Å². The minimum absolute atomic E-state index is 0.0413. The van der Waals surface area contributed by atoms with E-state index in [1.807, 2.05) is 25.1 Å². The van der Waals surface area contributed by atoms with Crippen molar-refractivity contribution in [3.63, 3.8) is 0 Å². The number of hydrogen-bond acceptors (Lipinski definition) is 4. The number of ether oxygens (including phenoxy) is 1. The summed E-state index contributed by atoms with van der Waals surface area (Å²) in [6.45, 7) is 5.02. The number of carbonyl (C=O) groups is 1. The quantitative estimate of drug-likeness (QED) is 0.796. The molecule has 0 aliphatic carbocycles. The van der Waals surface area contributed by atoms with Crippen LogP contribution in [-0.4, -0.2) is 30.5 Å². The Morgan fingerprint density at radius 2 is 2.30 bits per heavy atom. The first-order chi connectivity index (χ1) is 9.60. The van der Waals surface area contributed by atoms with Crippen molar-refractivity contribution in [1.29, 1.82) is 0 Å². The summed E-state index contributed by atoms with van der Waals surface area (Å²) < 4.78 is 5.63. The van der Waals surface area contributed by atoms with Gasteiger partial charge in [-0.1, -0.05) is 0 Å². The molecular formula is C15H23N3O2. The van der Waals surface area contributed by atoms with Crippen molar-refractivity contribution in [2.45, 2.75) is 26.3 Å². The first kappa shape index (κ1) is 14.7. The molecule has 1 aromatic rings. The van der Waals surface area contributed by atoms with E-state index in [1.54, 1.807) is 0 Å². The molecule has 2 rings (SSSR count). The maximum absolute atomic E-state index is 11.3. The second-order valence-electron chi connectivity index (χ2n) is 5.28. The summed E-state index contributed by atoms with van der Waals surface area (Å²) in [6, 6.07) is 5.69. The fourth-order valence-electron chi connectivity index (χ4n) is 2.69. The highest BCUT2D eigenvalue weighted by atomic mass is 16.5. The van der Waals surface area contributed by atoms with Crippen LogP contribution in [-0.2, 0) is 11.3 Å². The highest BCUT2D eigenvalue weighted by Gasteiger charge is 2.24. The van der Waals surface area contributed by atoms with Crippen LogP contribution >= 0.6 is 0 Å². The second kappa shape index (κ2) is 6.61. The lowest BCUT2D eigenvalue weighted by atomic mass is 9.97. The lowest BCUT2D eigenvalue weighted by Gasteiger charge is -2.31. The summed E-state index contributed by atoms with van der Waals surface area (Å²) in [5, 5.41) is 0. The van der Waals surface area contributed by atoms with Gasteiger partial charge in [-0.2, -0.15) is 0 Å². The molecule has 5 heteroatoms.